The van der Waals surface area contributed by atoms with Crippen molar-refractivity contribution in [3.8, 4) is 0 Å². The molecule has 0 fully saturated rings. The van der Waals surface area contributed by atoms with Gasteiger partial charge in [0.05, 0.1) is 5.69 Å². The second-order valence-electron chi connectivity index (χ2n) is 4.09. The van der Waals surface area contributed by atoms with E-state index >= 15 is 0 Å². The highest BCUT2D eigenvalue weighted by Crippen LogP contribution is 2.20. The number of hydrogen-bond donors (Lipinski definition) is 2. The zero-order chi connectivity index (χ0) is 12.9. The van der Waals surface area contributed by atoms with Crippen LogP contribution in [0.4, 0.5) is 0 Å². The summed E-state index contributed by atoms with van der Waals surface area (Å²) in [6.07, 6.45) is 2.97. The molecule has 0 bridgehead atoms. The van der Waals surface area contributed by atoms with E-state index in [9.17, 15) is 4.79 Å². The van der Waals surface area contributed by atoms with E-state index in [2.05, 4.69) is 10.3 Å². The zero-order valence-electron chi connectivity index (χ0n) is 10.3. The molecule has 0 aliphatic heterocycles. The van der Waals surface area contributed by atoms with E-state index in [1.54, 1.807) is 20.2 Å². The van der Waals surface area contributed by atoms with Crippen molar-refractivity contribution in [2.75, 3.05) is 12.8 Å². The lowest BCUT2D eigenvalue weighted by Crippen LogP contribution is -2.47. The van der Waals surface area contributed by atoms with Crippen LogP contribution in [0.3, 0.4) is 0 Å². The Hall–Kier alpha value is -1.01. The normalized spacial score (nSPS) is 14.5. The highest BCUT2D eigenvalue weighted by Gasteiger charge is 2.30. The van der Waals surface area contributed by atoms with Gasteiger partial charge in [0.2, 0.25) is 0 Å². The van der Waals surface area contributed by atoms with Gasteiger partial charge in [0.25, 0.3) is 5.22 Å². The van der Waals surface area contributed by atoms with Crippen LogP contribution in [0.5, 0.6) is 0 Å². The molecule has 0 saturated heterocycles. The monoisotopic (exact) mass is 258 g/mol. The summed E-state index contributed by atoms with van der Waals surface area (Å²) in [6, 6.07) is 0. The lowest BCUT2D eigenvalue weighted by Gasteiger charge is -2.23. The van der Waals surface area contributed by atoms with Crippen LogP contribution < -0.4 is 5.32 Å². The van der Waals surface area contributed by atoms with Crippen molar-refractivity contribution < 1.29 is 14.3 Å². The molecule has 96 valence electrons. The minimum Gasteiger partial charge on any atom is -0.480 e. The summed E-state index contributed by atoms with van der Waals surface area (Å²) in [5.74, 6) is -0.0261. The molecule has 0 aromatic carbocycles. The summed E-state index contributed by atoms with van der Waals surface area (Å²) in [6.45, 7) is 3.56. The molecule has 6 heteroatoms. The van der Waals surface area contributed by atoms with Crippen LogP contribution >= 0.6 is 11.8 Å². The Kier molecular flexibility index (Phi) is 5.02. The van der Waals surface area contributed by atoms with Crippen LogP contribution in [0.1, 0.15) is 25.5 Å². The highest BCUT2D eigenvalue weighted by atomic mass is 32.2. The number of nitrogens with one attached hydrogen (secondary N) is 1. The molecule has 5 nitrogen and oxygen atoms in total. The number of hydrogen-bond acceptors (Lipinski definition) is 5. The Morgan fingerprint density at radius 2 is 2.41 bits per heavy atom. The number of aryl methyl sites for hydroxylation is 1. The maximum absolute atomic E-state index is 11.0. The molecular weight excluding hydrogens is 240 g/mol. The first-order chi connectivity index (χ1) is 7.98. The third-order valence-electron chi connectivity index (χ3n) is 2.67. The number of oxazole rings is 1. The third-order valence-corrected chi connectivity index (χ3v) is 3.60. The first kappa shape index (κ1) is 14.1. The SMILES string of the molecule is CNC(C)(CCCSc1nc(C)co1)C(=O)O. The Morgan fingerprint density at radius 1 is 1.71 bits per heavy atom. The van der Waals surface area contributed by atoms with E-state index in [1.807, 2.05) is 6.92 Å². The topological polar surface area (TPSA) is 75.4 Å². The van der Waals surface area contributed by atoms with Gasteiger partial charge in [-0.2, -0.15) is 0 Å². The first-order valence-corrected chi connectivity index (χ1v) is 6.44. The summed E-state index contributed by atoms with van der Waals surface area (Å²) in [4.78, 5) is 15.2. The Morgan fingerprint density at radius 3 is 2.88 bits per heavy atom. The summed E-state index contributed by atoms with van der Waals surface area (Å²) in [7, 11) is 1.67. The smallest absolute Gasteiger partial charge is 0.323 e. The van der Waals surface area contributed by atoms with Crippen LogP contribution in [-0.2, 0) is 4.79 Å². The van der Waals surface area contributed by atoms with Gasteiger partial charge in [0.15, 0.2) is 0 Å². The summed E-state index contributed by atoms with van der Waals surface area (Å²) in [5, 5.41) is 12.5. The molecule has 2 N–H and O–H groups in total. The Labute approximate surface area is 105 Å². The quantitative estimate of drug-likeness (QED) is 0.575. The second-order valence-corrected chi connectivity index (χ2v) is 5.14. The molecular formula is C11H18N2O3S. The van der Waals surface area contributed by atoms with Gasteiger partial charge in [0.1, 0.15) is 11.8 Å². The Bertz CT molecular complexity index is 381. The molecule has 1 aromatic rings. The minimum atomic E-state index is -0.854. The maximum Gasteiger partial charge on any atom is 0.323 e. The fraction of sp³-hybridized carbons (Fsp3) is 0.636. The fourth-order valence-corrected chi connectivity index (χ4v) is 2.11. The van der Waals surface area contributed by atoms with Gasteiger partial charge in [-0.15, -0.1) is 0 Å². The van der Waals surface area contributed by atoms with Crippen LogP contribution in [0.25, 0.3) is 0 Å². The Balaban J connectivity index is 2.30. The number of rotatable bonds is 7. The van der Waals surface area contributed by atoms with Gasteiger partial charge in [-0.05, 0) is 33.7 Å². The van der Waals surface area contributed by atoms with Crippen LogP contribution in [0, 0.1) is 6.92 Å². The number of aromatic nitrogens is 1. The molecule has 17 heavy (non-hydrogen) atoms. The number of likely N-dealkylation sites (N-methyl/N-ethyl adjacent to an activating group) is 1. The third kappa shape index (κ3) is 4.05. The van der Waals surface area contributed by atoms with Gasteiger partial charge >= 0.3 is 5.97 Å². The average molecular weight is 258 g/mol. The van der Waals surface area contributed by atoms with Crippen LogP contribution in [0.2, 0.25) is 0 Å². The van der Waals surface area contributed by atoms with E-state index in [0.29, 0.717) is 11.6 Å². The lowest BCUT2D eigenvalue weighted by atomic mass is 9.97. The molecule has 0 aliphatic carbocycles. The van der Waals surface area contributed by atoms with E-state index in [-0.39, 0.29) is 0 Å². The van der Waals surface area contributed by atoms with E-state index in [0.717, 1.165) is 17.9 Å². The summed E-state index contributed by atoms with van der Waals surface area (Å²) < 4.78 is 5.19. The van der Waals surface area contributed by atoms with Crippen molar-refractivity contribution in [2.24, 2.45) is 0 Å². The minimum absolute atomic E-state index is 0.575. The first-order valence-electron chi connectivity index (χ1n) is 5.45. The molecule has 0 saturated carbocycles. The molecule has 0 spiro atoms. The van der Waals surface area contributed by atoms with Crippen molar-refractivity contribution in [2.45, 2.75) is 37.5 Å². The van der Waals surface area contributed by atoms with Crippen molar-refractivity contribution in [1.82, 2.24) is 10.3 Å². The molecule has 1 unspecified atom stereocenters. The van der Waals surface area contributed by atoms with Crippen molar-refractivity contribution >= 4 is 17.7 Å². The standard InChI is InChI=1S/C11H18N2O3S/c1-8-7-16-10(13-8)17-6-4-5-11(2,12-3)9(14)15/h7,12H,4-6H2,1-3H3,(H,14,15). The number of carboxylic acids is 1. The van der Waals surface area contributed by atoms with E-state index < -0.39 is 11.5 Å². The highest BCUT2D eigenvalue weighted by molar-refractivity contribution is 7.99. The maximum atomic E-state index is 11.0. The summed E-state index contributed by atoms with van der Waals surface area (Å²) in [5.41, 5.74) is 0.00525. The number of carbonyl (C=O) groups is 1. The van der Waals surface area contributed by atoms with E-state index in [4.69, 9.17) is 9.52 Å². The molecule has 1 aromatic heterocycles. The van der Waals surface area contributed by atoms with Gasteiger partial charge in [-0.1, -0.05) is 11.8 Å². The van der Waals surface area contributed by atoms with Gasteiger partial charge < -0.3 is 14.8 Å². The van der Waals surface area contributed by atoms with Gasteiger partial charge in [-0.25, -0.2) is 4.98 Å². The molecule has 1 rings (SSSR count). The van der Waals surface area contributed by atoms with Crippen molar-refractivity contribution in [1.29, 1.82) is 0 Å². The lowest BCUT2D eigenvalue weighted by molar-refractivity contribution is -0.144. The molecule has 0 aliphatic rings. The van der Waals surface area contributed by atoms with Gasteiger partial charge in [-0.3, -0.25) is 4.79 Å². The number of nitrogens with zero attached hydrogens (tertiary/aromatic N) is 1. The number of thioether (sulfide) groups is 1. The van der Waals surface area contributed by atoms with Crippen LogP contribution in [0.15, 0.2) is 15.9 Å². The van der Waals surface area contributed by atoms with Crippen LogP contribution in [-0.4, -0.2) is 34.4 Å². The second kappa shape index (κ2) is 6.07. The largest absolute Gasteiger partial charge is 0.480 e. The fourth-order valence-electron chi connectivity index (χ4n) is 1.32. The van der Waals surface area contributed by atoms with Gasteiger partial charge in [0, 0.05) is 5.75 Å². The molecule has 0 amide bonds. The number of carboxylic acid groups (broad SMARTS) is 1. The van der Waals surface area contributed by atoms with Crippen molar-refractivity contribution in [3.05, 3.63) is 12.0 Å². The average Bonchev–Trinajstić information content (AvgIpc) is 2.70. The summed E-state index contributed by atoms with van der Waals surface area (Å²) >= 11 is 1.51. The predicted molar refractivity (Wildman–Crippen MR) is 66.3 cm³/mol. The molecule has 0 radical (unpaired) electrons. The van der Waals surface area contributed by atoms with Crippen molar-refractivity contribution in [3.63, 3.8) is 0 Å². The van der Waals surface area contributed by atoms with E-state index in [1.165, 1.54) is 11.8 Å². The molecule has 1 heterocycles. The number of aliphatic carboxylic acids is 1. The zero-order valence-corrected chi connectivity index (χ0v) is 11.1. The molecule has 1 atom stereocenters. The predicted octanol–water partition coefficient (Wildman–Crippen LogP) is 1.92.